The van der Waals surface area contributed by atoms with Crippen molar-refractivity contribution in [2.75, 3.05) is 13.7 Å². The summed E-state index contributed by atoms with van der Waals surface area (Å²) < 4.78 is 16.3. The maximum absolute atomic E-state index is 5.71. The van der Waals surface area contributed by atoms with Crippen LogP contribution in [0.5, 0.6) is 11.5 Å². The fourth-order valence-corrected chi connectivity index (χ4v) is 1.89. The highest BCUT2D eigenvalue weighted by molar-refractivity contribution is 5.43. The van der Waals surface area contributed by atoms with Crippen molar-refractivity contribution in [3.8, 4) is 11.5 Å². The molecule has 0 amide bonds. The molecule has 112 valence electrons. The second-order valence-corrected chi connectivity index (χ2v) is 4.91. The lowest BCUT2D eigenvalue weighted by Crippen LogP contribution is -2.12. The molecule has 1 N–H and O–H groups in total. The summed E-state index contributed by atoms with van der Waals surface area (Å²) in [6.07, 6.45) is 1.67. The first-order chi connectivity index (χ1) is 10.2. The predicted molar refractivity (Wildman–Crippen MR) is 82.6 cm³/mol. The van der Waals surface area contributed by atoms with Crippen molar-refractivity contribution in [1.29, 1.82) is 0 Å². The van der Waals surface area contributed by atoms with Crippen LogP contribution in [0.1, 0.15) is 18.2 Å². The van der Waals surface area contributed by atoms with Gasteiger partial charge in [0.15, 0.2) is 11.5 Å². The Kier molecular flexibility index (Phi) is 5.46. The van der Waals surface area contributed by atoms with E-state index in [1.54, 1.807) is 13.4 Å². The van der Waals surface area contributed by atoms with Gasteiger partial charge in [-0.2, -0.15) is 0 Å². The van der Waals surface area contributed by atoms with Gasteiger partial charge in [0, 0.05) is 6.54 Å². The highest BCUT2D eigenvalue weighted by Gasteiger charge is 2.06. The van der Waals surface area contributed by atoms with Gasteiger partial charge in [-0.3, -0.25) is 0 Å². The van der Waals surface area contributed by atoms with Crippen LogP contribution in [0.4, 0.5) is 0 Å². The van der Waals surface area contributed by atoms with Crippen molar-refractivity contribution in [2.45, 2.75) is 20.0 Å². The summed E-state index contributed by atoms with van der Waals surface area (Å²) in [4.78, 5) is 0. The SMILES string of the molecule is C=C(C)COc1cc(CNCc2ccco2)ccc1OC. The minimum Gasteiger partial charge on any atom is -0.493 e. The molecule has 1 heterocycles. The Balaban J connectivity index is 1.95. The van der Waals surface area contributed by atoms with Gasteiger partial charge in [0.05, 0.1) is 19.9 Å². The number of methoxy groups -OCH3 is 1. The smallest absolute Gasteiger partial charge is 0.161 e. The number of furan rings is 1. The Morgan fingerprint density at radius 3 is 2.76 bits per heavy atom. The number of nitrogens with one attached hydrogen (secondary N) is 1. The van der Waals surface area contributed by atoms with Gasteiger partial charge in [0.25, 0.3) is 0 Å². The molecule has 1 aromatic heterocycles. The molecular weight excluding hydrogens is 266 g/mol. The highest BCUT2D eigenvalue weighted by atomic mass is 16.5. The van der Waals surface area contributed by atoms with E-state index in [2.05, 4.69) is 11.9 Å². The fraction of sp³-hybridized carbons (Fsp3) is 0.294. The molecule has 2 rings (SSSR count). The summed E-state index contributed by atoms with van der Waals surface area (Å²) in [7, 11) is 1.64. The van der Waals surface area contributed by atoms with Crippen LogP contribution in [0.25, 0.3) is 0 Å². The molecule has 0 aliphatic carbocycles. The van der Waals surface area contributed by atoms with Gasteiger partial charge in [-0.15, -0.1) is 0 Å². The molecule has 4 nitrogen and oxygen atoms in total. The predicted octanol–water partition coefficient (Wildman–Crippen LogP) is 3.53. The van der Waals surface area contributed by atoms with Crippen LogP contribution in [0.3, 0.4) is 0 Å². The number of ether oxygens (including phenoxy) is 2. The Labute approximate surface area is 125 Å². The third-order valence-electron chi connectivity index (χ3n) is 2.91. The van der Waals surface area contributed by atoms with Crippen LogP contribution in [0.15, 0.2) is 53.2 Å². The van der Waals surface area contributed by atoms with Crippen LogP contribution in [0, 0.1) is 0 Å². The van der Waals surface area contributed by atoms with Gasteiger partial charge in [0.1, 0.15) is 12.4 Å². The molecule has 0 spiro atoms. The molecule has 0 saturated carbocycles. The zero-order valence-electron chi connectivity index (χ0n) is 12.5. The lowest BCUT2D eigenvalue weighted by Gasteiger charge is -2.12. The zero-order chi connectivity index (χ0) is 15.1. The lowest BCUT2D eigenvalue weighted by atomic mass is 10.2. The van der Waals surface area contributed by atoms with Crippen molar-refractivity contribution in [3.63, 3.8) is 0 Å². The summed E-state index contributed by atoms with van der Waals surface area (Å²) in [6.45, 7) is 7.68. The molecule has 0 aliphatic heterocycles. The summed E-state index contributed by atoms with van der Waals surface area (Å²) >= 11 is 0. The average molecular weight is 287 g/mol. The Morgan fingerprint density at radius 2 is 2.10 bits per heavy atom. The van der Waals surface area contributed by atoms with Crippen LogP contribution in [0.2, 0.25) is 0 Å². The van der Waals surface area contributed by atoms with E-state index in [1.165, 1.54) is 0 Å². The molecule has 2 aromatic rings. The van der Waals surface area contributed by atoms with Crippen LogP contribution in [-0.4, -0.2) is 13.7 Å². The van der Waals surface area contributed by atoms with Crippen molar-refractivity contribution >= 4 is 0 Å². The number of hydrogen-bond acceptors (Lipinski definition) is 4. The van der Waals surface area contributed by atoms with Gasteiger partial charge in [-0.1, -0.05) is 12.6 Å². The third kappa shape index (κ3) is 4.68. The first kappa shape index (κ1) is 15.2. The largest absolute Gasteiger partial charge is 0.493 e. The standard InChI is InChI=1S/C17H21NO3/c1-13(2)12-21-17-9-14(6-7-16(17)19-3)10-18-11-15-5-4-8-20-15/h4-9,18H,1,10-12H2,2-3H3. The molecule has 0 bridgehead atoms. The second-order valence-electron chi connectivity index (χ2n) is 4.91. The third-order valence-corrected chi connectivity index (χ3v) is 2.91. The molecule has 1 aromatic carbocycles. The second kappa shape index (κ2) is 7.55. The first-order valence-electron chi connectivity index (χ1n) is 6.86. The van der Waals surface area contributed by atoms with E-state index in [0.717, 1.165) is 34.9 Å². The summed E-state index contributed by atoms with van der Waals surface area (Å²) in [5.74, 6) is 2.38. The number of benzene rings is 1. The molecule has 0 saturated heterocycles. The fourth-order valence-electron chi connectivity index (χ4n) is 1.89. The lowest BCUT2D eigenvalue weighted by molar-refractivity contribution is 0.319. The van der Waals surface area contributed by atoms with Gasteiger partial charge in [0.2, 0.25) is 0 Å². The van der Waals surface area contributed by atoms with Gasteiger partial charge < -0.3 is 19.2 Å². The van der Waals surface area contributed by atoms with Crippen LogP contribution < -0.4 is 14.8 Å². The summed E-state index contributed by atoms with van der Waals surface area (Å²) in [5, 5.41) is 3.33. The Hall–Kier alpha value is -2.20. The normalized spacial score (nSPS) is 10.4. The minimum atomic E-state index is 0.486. The van der Waals surface area contributed by atoms with Gasteiger partial charge in [-0.25, -0.2) is 0 Å². The molecule has 0 fully saturated rings. The molecule has 0 atom stereocenters. The van der Waals surface area contributed by atoms with Crippen molar-refractivity contribution in [3.05, 3.63) is 60.1 Å². The Morgan fingerprint density at radius 1 is 1.24 bits per heavy atom. The topological polar surface area (TPSA) is 43.6 Å². The van der Waals surface area contributed by atoms with Gasteiger partial charge >= 0.3 is 0 Å². The maximum atomic E-state index is 5.71. The van der Waals surface area contributed by atoms with Crippen LogP contribution >= 0.6 is 0 Å². The monoisotopic (exact) mass is 287 g/mol. The molecule has 4 heteroatoms. The van der Waals surface area contributed by atoms with E-state index in [9.17, 15) is 0 Å². The minimum absolute atomic E-state index is 0.486. The average Bonchev–Trinajstić information content (AvgIpc) is 2.98. The number of hydrogen-bond donors (Lipinski definition) is 1. The zero-order valence-corrected chi connectivity index (χ0v) is 12.5. The van der Waals surface area contributed by atoms with Gasteiger partial charge in [-0.05, 0) is 42.3 Å². The Bertz CT molecular complexity index is 576. The first-order valence-corrected chi connectivity index (χ1v) is 6.86. The molecular formula is C17H21NO3. The molecule has 0 radical (unpaired) electrons. The van der Waals surface area contributed by atoms with E-state index < -0.39 is 0 Å². The summed E-state index contributed by atoms with van der Waals surface area (Å²) in [6, 6.07) is 9.74. The number of rotatable bonds is 8. The summed E-state index contributed by atoms with van der Waals surface area (Å²) in [5.41, 5.74) is 2.09. The maximum Gasteiger partial charge on any atom is 0.161 e. The van der Waals surface area contributed by atoms with E-state index in [0.29, 0.717) is 13.2 Å². The van der Waals surface area contributed by atoms with E-state index in [-0.39, 0.29) is 0 Å². The highest BCUT2D eigenvalue weighted by Crippen LogP contribution is 2.28. The van der Waals surface area contributed by atoms with Crippen molar-refractivity contribution in [1.82, 2.24) is 5.32 Å². The molecule has 0 unspecified atom stereocenters. The molecule has 0 aliphatic rings. The quantitative estimate of drug-likeness (QED) is 0.754. The van der Waals surface area contributed by atoms with Crippen molar-refractivity contribution in [2.24, 2.45) is 0 Å². The molecule has 21 heavy (non-hydrogen) atoms. The van der Waals surface area contributed by atoms with Crippen LogP contribution in [-0.2, 0) is 13.1 Å². The van der Waals surface area contributed by atoms with E-state index in [4.69, 9.17) is 13.9 Å². The van der Waals surface area contributed by atoms with E-state index in [1.807, 2.05) is 37.3 Å². The van der Waals surface area contributed by atoms with E-state index >= 15 is 0 Å². The van der Waals surface area contributed by atoms with Crippen molar-refractivity contribution < 1.29 is 13.9 Å².